The minimum Gasteiger partial charge on any atom is -0.484 e. The average molecular weight is 373 g/mol. The molecule has 1 amide bonds. The molecule has 3 rings (SSSR count). The highest BCUT2D eigenvalue weighted by molar-refractivity contribution is 5.85. The molecule has 0 spiro atoms. The third-order valence-electron chi connectivity index (χ3n) is 4.08. The second-order valence-electron chi connectivity index (χ2n) is 6.05. The van der Waals surface area contributed by atoms with Crippen LogP contribution in [0.4, 0.5) is 0 Å². The summed E-state index contributed by atoms with van der Waals surface area (Å²) in [6, 6.07) is 18.4. The largest absolute Gasteiger partial charge is 0.484 e. The van der Waals surface area contributed by atoms with Crippen LogP contribution >= 0.6 is 0 Å². The fourth-order valence-corrected chi connectivity index (χ4v) is 2.64. The first-order chi connectivity index (χ1) is 13.6. The molecule has 7 heteroatoms. The molecule has 2 aromatic carbocycles. The quantitative estimate of drug-likeness (QED) is 0.531. The van der Waals surface area contributed by atoms with Gasteiger partial charge < -0.3 is 4.74 Å². The fraction of sp³-hybridized carbons (Fsp3) is 0.143. The van der Waals surface area contributed by atoms with Crippen LogP contribution in [0.5, 0.6) is 5.75 Å². The van der Waals surface area contributed by atoms with E-state index in [0.29, 0.717) is 11.3 Å². The molecule has 1 heterocycles. The topological polar surface area (TPSA) is 92.3 Å². The van der Waals surface area contributed by atoms with Crippen LogP contribution in [0, 0.1) is 25.2 Å². The Morgan fingerprint density at radius 3 is 2.61 bits per heavy atom. The van der Waals surface area contributed by atoms with Crippen molar-refractivity contribution in [2.75, 3.05) is 6.61 Å². The molecule has 0 saturated carbocycles. The van der Waals surface area contributed by atoms with E-state index in [2.05, 4.69) is 15.6 Å². The summed E-state index contributed by atoms with van der Waals surface area (Å²) in [5.74, 6) is 0.125. The molecule has 0 fully saturated rings. The maximum Gasteiger partial charge on any atom is 0.277 e. The minimum atomic E-state index is -0.383. The zero-order valence-electron chi connectivity index (χ0n) is 15.6. The fourth-order valence-electron chi connectivity index (χ4n) is 2.64. The molecule has 0 aliphatic carbocycles. The van der Waals surface area contributed by atoms with Crippen molar-refractivity contribution in [2.45, 2.75) is 13.8 Å². The number of benzene rings is 2. The van der Waals surface area contributed by atoms with Crippen molar-refractivity contribution in [2.24, 2.45) is 5.10 Å². The van der Waals surface area contributed by atoms with Crippen molar-refractivity contribution in [3.8, 4) is 17.5 Å². The Labute approximate surface area is 162 Å². The molecule has 1 N–H and O–H groups in total. The first kappa shape index (κ1) is 18.9. The molecule has 0 atom stereocenters. The van der Waals surface area contributed by atoms with Crippen LogP contribution in [-0.4, -0.2) is 28.5 Å². The summed E-state index contributed by atoms with van der Waals surface area (Å²) in [5, 5.41) is 17.3. The van der Waals surface area contributed by atoms with Crippen molar-refractivity contribution in [1.82, 2.24) is 15.2 Å². The van der Waals surface area contributed by atoms with Gasteiger partial charge in [0.25, 0.3) is 5.91 Å². The molecule has 3 aromatic rings. The van der Waals surface area contributed by atoms with Gasteiger partial charge in [-0.3, -0.25) is 4.79 Å². The molecule has 0 unspecified atom stereocenters. The number of nitriles is 1. The zero-order chi connectivity index (χ0) is 19.9. The van der Waals surface area contributed by atoms with Gasteiger partial charge in [-0.2, -0.15) is 15.5 Å². The molecule has 1 aromatic heterocycles. The standard InChI is InChI=1S/C21H19N5O2/c1-15-20(16(2)26(25-15)18-6-4-3-5-7-18)13-23-24-21(27)14-28-19-10-8-17(12-22)9-11-19/h3-11,13H,14H2,1-2H3,(H,24,27)/b23-13-. The Morgan fingerprint density at radius 1 is 1.21 bits per heavy atom. The maximum absolute atomic E-state index is 11.9. The Hall–Kier alpha value is -3.92. The van der Waals surface area contributed by atoms with Gasteiger partial charge in [0.2, 0.25) is 0 Å². The number of ether oxygens (including phenoxy) is 1. The number of hydrogen-bond acceptors (Lipinski definition) is 5. The number of para-hydroxylation sites is 1. The van der Waals surface area contributed by atoms with Crippen LogP contribution in [0.15, 0.2) is 59.7 Å². The van der Waals surface area contributed by atoms with Gasteiger partial charge in [-0.1, -0.05) is 18.2 Å². The Morgan fingerprint density at radius 2 is 1.93 bits per heavy atom. The molecule has 7 nitrogen and oxygen atoms in total. The smallest absolute Gasteiger partial charge is 0.277 e. The molecule has 140 valence electrons. The second-order valence-corrected chi connectivity index (χ2v) is 6.05. The van der Waals surface area contributed by atoms with Crippen LogP contribution < -0.4 is 10.2 Å². The van der Waals surface area contributed by atoms with E-state index in [4.69, 9.17) is 10.00 Å². The van der Waals surface area contributed by atoms with Crippen molar-refractivity contribution in [3.05, 3.63) is 77.1 Å². The minimum absolute atomic E-state index is 0.176. The van der Waals surface area contributed by atoms with Gasteiger partial charge >= 0.3 is 0 Å². The van der Waals surface area contributed by atoms with Gasteiger partial charge in [-0.05, 0) is 50.2 Å². The number of rotatable bonds is 6. The van der Waals surface area contributed by atoms with Crippen LogP contribution in [-0.2, 0) is 4.79 Å². The number of hydrazone groups is 1. The highest BCUT2D eigenvalue weighted by Gasteiger charge is 2.11. The van der Waals surface area contributed by atoms with E-state index in [1.807, 2.05) is 54.9 Å². The first-order valence-corrected chi connectivity index (χ1v) is 8.65. The van der Waals surface area contributed by atoms with Crippen LogP contribution in [0.25, 0.3) is 5.69 Å². The third kappa shape index (κ3) is 4.43. The summed E-state index contributed by atoms with van der Waals surface area (Å²) < 4.78 is 7.21. The van der Waals surface area contributed by atoms with Gasteiger partial charge in [-0.25, -0.2) is 10.1 Å². The van der Waals surface area contributed by atoms with E-state index in [0.717, 1.165) is 22.6 Å². The number of carbonyl (C=O) groups is 1. The number of nitrogens with one attached hydrogen (secondary N) is 1. The van der Waals surface area contributed by atoms with E-state index in [1.165, 1.54) is 0 Å². The van der Waals surface area contributed by atoms with Crippen LogP contribution in [0.2, 0.25) is 0 Å². The number of hydrogen-bond donors (Lipinski definition) is 1. The molecular formula is C21H19N5O2. The summed E-state index contributed by atoms with van der Waals surface area (Å²) in [7, 11) is 0. The summed E-state index contributed by atoms with van der Waals surface area (Å²) in [4.78, 5) is 11.9. The predicted octanol–water partition coefficient (Wildman–Crippen LogP) is 2.89. The van der Waals surface area contributed by atoms with E-state index < -0.39 is 0 Å². The lowest BCUT2D eigenvalue weighted by Gasteiger charge is -2.05. The number of aryl methyl sites for hydroxylation is 1. The van der Waals surface area contributed by atoms with Gasteiger partial charge in [0.1, 0.15) is 5.75 Å². The third-order valence-corrected chi connectivity index (χ3v) is 4.08. The van der Waals surface area contributed by atoms with Gasteiger partial charge in [0.15, 0.2) is 6.61 Å². The summed E-state index contributed by atoms with van der Waals surface area (Å²) in [6.45, 7) is 3.66. The van der Waals surface area contributed by atoms with Crippen LogP contribution in [0.1, 0.15) is 22.5 Å². The van der Waals surface area contributed by atoms with Crippen molar-refractivity contribution in [1.29, 1.82) is 5.26 Å². The van der Waals surface area contributed by atoms with Crippen LogP contribution in [0.3, 0.4) is 0 Å². The highest BCUT2D eigenvalue weighted by atomic mass is 16.5. The predicted molar refractivity (Wildman–Crippen MR) is 105 cm³/mol. The highest BCUT2D eigenvalue weighted by Crippen LogP contribution is 2.16. The van der Waals surface area contributed by atoms with E-state index in [9.17, 15) is 4.79 Å². The lowest BCUT2D eigenvalue weighted by molar-refractivity contribution is -0.123. The Kier molecular flexibility index (Phi) is 5.82. The Balaban J connectivity index is 1.59. The first-order valence-electron chi connectivity index (χ1n) is 8.65. The number of amides is 1. The molecule has 28 heavy (non-hydrogen) atoms. The summed E-state index contributed by atoms with van der Waals surface area (Å²) in [5.41, 5.74) is 6.52. The average Bonchev–Trinajstić information content (AvgIpc) is 3.01. The van der Waals surface area contributed by atoms with E-state index in [-0.39, 0.29) is 12.5 Å². The molecule has 0 radical (unpaired) electrons. The molecule has 0 aliphatic rings. The molecular weight excluding hydrogens is 354 g/mol. The molecule has 0 bridgehead atoms. The van der Waals surface area contributed by atoms with Crippen molar-refractivity contribution in [3.63, 3.8) is 0 Å². The van der Waals surface area contributed by atoms with E-state index in [1.54, 1.807) is 30.5 Å². The maximum atomic E-state index is 11.9. The van der Waals surface area contributed by atoms with Gasteiger partial charge in [0, 0.05) is 5.56 Å². The van der Waals surface area contributed by atoms with Crippen molar-refractivity contribution < 1.29 is 9.53 Å². The van der Waals surface area contributed by atoms with E-state index >= 15 is 0 Å². The zero-order valence-corrected chi connectivity index (χ0v) is 15.6. The number of aromatic nitrogens is 2. The lowest BCUT2D eigenvalue weighted by Crippen LogP contribution is -2.24. The lowest BCUT2D eigenvalue weighted by atomic mass is 10.2. The van der Waals surface area contributed by atoms with Gasteiger partial charge in [0.05, 0.1) is 34.9 Å². The van der Waals surface area contributed by atoms with Crippen molar-refractivity contribution >= 4 is 12.1 Å². The monoisotopic (exact) mass is 373 g/mol. The molecule has 0 saturated heterocycles. The normalized spacial score (nSPS) is 10.6. The number of carbonyl (C=O) groups excluding carboxylic acids is 1. The summed E-state index contributed by atoms with van der Waals surface area (Å²) in [6.07, 6.45) is 1.58. The molecule has 0 aliphatic heterocycles. The Bertz CT molecular complexity index is 1030. The summed E-state index contributed by atoms with van der Waals surface area (Å²) >= 11 is 0. The SMILES string of the molecule is Cc1nn(-c2ccccc2)c(C)c1/C=N\NC(=O)COc1ccc(C#N)cc1. The second kappa shape index (κ2) is 8.64. The number of nitrogens with zero attached hydrogens (tertiary/aromatic N) is 4. The van der Waals surface area contributed by atoms with Gasteiger partial charge in [-0.15, -0.1) is 0 Å².